The molecule has 1 aliphatic heterocycles. The molecule has 1 aromatic carbocycles. The minimum atomic E-state index is -3.49. The fraction of sp³-hybridized carbons (Fsp3) is 0.500. The zero-order valence-electron chi connectivity index (χ0n) is 11.0. The number of aliphatic hydroxyl groups excluding tert-OH is 1. The standard InChI is InChI=1S/C12H16N2O5S/c1-20(18,19)10-4-5-11(12(7-10)14(16)17)13-6-2-3-9(15)8-13/h4-5,7,9,15H,2-3,6,8H2,1H3/t9-/m0/s1. The molecule has 1 fully saturated rings. The monoisotopic (exact) mass is 300 g/mol. The first-order valence-electron chi connectivity index (χ1n) is 6.20. The van der Waals surface area contributed by atoms with E-state index in [1.54, 1.807) is 4.90 Å². The van der Waals surface area contributed by atoms with Gasteiger partial charge in [-0.1, -0.05) is 0 Å². The Morgan fingerprint density at radius 3 is 2.70 bits per heavy atom. The summed E-state index contributed by atoms with van der Waals surface area (Å²) in [5.41, 5.74) is 0.100. The summed E-state index contributed by atoms with van der Waals surface area (Å²) in [7, 11) is -3.49. The summed E-state index contributed by atoms with van der Waals surface area (Å²) < 4.78 is 22.9. The van der Waals surface area contributed by atoms with E-state index in [-0.39, 0.29) is 10.6 Å². The summed E-state index contributed by atoms with van der Waals surface area (Å²) in [5.74, 6) is 0. The highest BCUT2D eigenvalue weighted by Crippen LogP contribution is 2.32. The van der Waals surface area contributed by atoms with Gasteiger partial charge in [0.05, 0.1) is 15.9 Å². The molecule has 1 atom stereocenters. The Balaban J connectivity index is 2.45. The van der Waals surface area contributed by atoms with E-state index in [4.69, 9.17) is 0 Å². The highest BCUT2D eigenvalue weighted by atomic mass is 32.2. The van der Waals surface area contributed by atoms with Crippen LogP contribution in [0.1, 0.15) is 12.8 Å². The van der Waals surface area contributed by atoms with Gasteiger partial charge in [-0.2, -0.15) is 0 Å². The van der Waals surface area contributed by atoms with E-state index in [2.05, 4.69) is 0 Å². The van der Waals surface area contributed by atoms with Gasteiger partial charge < -0.3 is 10.0 Å². The summed E-state index contributed by atoms with van der Waals surface area (Å²) >= 11 is 0. The number of nitro groups is 1. The molecule has 1 aliphatic rings. The van der Waals surface area contributed by atoms with Crippen molar-refractivity contribution in [3.8, 4) is 0 Å². The number of anilines is 1. The van der Waals surface area contributed by atoms with Crippen molar-refractivity contribution in [3.05, 3.63) is 28.3 Å². The molecule has 110 valence electrons. The maximum Gasteiger partial charge on any atom is 0.293 e. The fourth-order valence-corrected chi connectivity index (χ4v) is 2.96. The van der Waals surface area contributed by atoms with Crippen LogP contribution in [-0.2, 0) is 9.84 Å². The van der Waals surface area contributed by atoms with Gasteiger partial charge in [0.25, 0.3) is 5.69 Å². The first kappa shape index (κ1) is 14.7. The number of hydrogen-bond donors (Lipinski definition) is 1. The number of piperidine rings is 1. The highest BCUT2D eigenvalue weighted by Gasteiger charge is 2.26. The lowest BCUT2D eigenvalue weighted by Crippen LogP contribution is -2.38. The lowest BCUT2D eigenvalue weighted by molar-refractivity contribution is -0.384. The van der Waals surface area contributed by atoms with Gasteiger partial charge in [-0.25, -0.2) is 8.42 Å². The van der Waals surface area contributed by atoms with Crippen LogP contribution in [0.15, 0.2) is 23.1 Å². The second-order valence-corrected chi connectivity index (χ2v) is 6.94. The number of nitro benzene ring substituents is 1. The van der Waals surface area contributed by atoms with Crippen LogP contribution in [-0.4, -0.2) is 43.9 Å². The summed E-state index contributed by atoms with van der Waals surface area (Å²) in [5, 5.41) is 20.8. The van der Waals surface area contributed by atoms with Gasteiger partial charge in [0, 0.05) is 25.4 Å². The SMILES string of the molecule is CS(=O)(=O)c1ccc(N2CCC[C@H](O)C2)c([N+](=O)[O-])c1. The summed E-state index contributed by atoms with van der Waals surface area (Å²) in [6.45, 7) is 0.926. The highest BCUT2D eigenvalue weighted by molar-refractivity contribution is 7.90. The van der Waals surface area contributed by atoms with Crippen molar-refractivity contribution in [3.63, 3.8) is 0 Å². The molecule has 0 bridgehead atoms. The molecule has 0 spiro atoms. The minimum absolute atomic E-state index is 0.0782. The Morgan fingerprint density at radius 1 is 1.45 bits per heavy atom. The van der Waals surface area contributed by atoms with Gasteiger partial charge in [-0.05, 0) is 25.0 Å². The van der Waals surface area contributed by atoms with Crippen LogP contribution >= 0.6 is 0 Å². The number of nitrogens with zero attached hydrogens (tertiary/aromatic N) is 2. The van der Waals surface area contributed by atoms with Gasteiger partial charge in [0.2, 0.25) is 0 Å². The predicted octanol–water partition coefficient (Wildman–Crippen LogP) is 0.959. The summed E-state index contributed by atoms with van der Waals surface area (Å²) in [6, 6.07) is 3.87. The Labute approximate surface area is 116 Å². The average molecular weight is 300 g/mol. The Bertz CT molecular complexity index is 629. The number of rotatable bonds is 3. The van der Waals surface area contributed by atoms with Gasteiger partial charge >= 0.3 is 0 Å². The van der Waals surface area contributed by atoms with Gasteiger partial charge in [0.15, 0.2) is 9.84 Å². The van der Waals surface area contributed by atoms with Crippen molar-refractivity contribution in [2.24, 2.45) is 0 Å². The number of benzene rings is 1. The number of β-amino-alcohol motifs (C(OH)–C–C–N with tert-alkyl or cyclic N) is 1. The first-order valence-corrected chi connectivity index (χ1v) is 8.09. The molecule has 7 nitrogen and oxygen atoms in total. The normalized spacial score (nSPS) is 19.9. The zero-order chi connectivity index (χ0) is 14.9. The summed E-state index contributed by atoms with van der Waals surface area (Å²) in [6.07, 6.45) is 1.91. The van der Waals surface area contributed by atoms with E-state index in [0.29, 0.717) is 25.2 Å². The number of hydrogen-bond acceptors (Lipinski definition) is 6. The van der Waals surface area contributed by atoms with Crippen molar-refractivity contribution in [1.29, 1.82) is 0 Å². The largest absolute Gasteiger partial charge is 0.391 e. The molecule has 8 heteroatoms. The molecule has 2 rings (SSSR count). The fourth-order valence-electron chi connectivity index (χ4n) is 2.32. The molecule has 0 amide bonds. The maximum atomic E-state index is 11.5. The van der Waals surface area contributed by atoms with E-state index in [1.165, 1.54) is 12.1 Å². The second-order valence-electron chi connectivity index (χ2n) is 4.92. The number of aliphatic hydroxyl groups is 1. The van der Waals surface area contributed by atoms with Crippen molar-refractivity contribution in [2.75, 3.05) is 24.2 Å². The quantitative estimate of drug-likeness (QED) is 0.659. The van der Waals surface area contributed by atoms with Gasteiger partial charge in [-0.3, -0.25) is 10.1 Å². The second kappa shape index (κ2) is 5.37. The van der Waals surface area contributed by atoms with Crippen LogP contribution in [0.5, 0.6) is 0 Å². The Kier molecular flexibility index (Phi) is 3.96. The molecular formula is C12H16N2O5S. The third-order valence-corrected chi connectivity index (χ3v) is 4.42. The third-order valence-electron chi connectivity index (χ3n) is 3.31. The molecular weight excluding hydrogens is 284 g/mol. The van der Waals surface area contributed by atoms with E-state index >= 15 is 0 Å². The molecule has 1 N–H and O–H groups in total. The molecule has 0 saturated carbocycles. The predicted molar refractivity (Wildman–Crippen MR) is 73.7 cm³/mol. The van der Waals surface area contributed by atoms with Crippen molar-refractivity contribution >= 4 is 21.2 Å². The maximum absolute atomic E-state index is 11.5. The van der Waals surface area contributed by atoms with Crippen molar-refractivity contribution in [1.82, 2.24) is 0 Å². The lowest BCUT2D eigenvalue weighted by Gasteiger charge is -2.31. The van der Waals surface area contributed by atoms with Crippen LogP contribution < -0.4 is 4.90 Å². The number of sulfone groups is 1. The van der Waals surface area contributed by atoms with Crippen LogP contribution in [0.25, 0.3) is 0 Å². The molecule has 1 heterocycles. The molecule has 0 unspecified atom stereocenters. The first-order chi connectivity index (χ1) is 9.29. The van der Waals surface area contributed by atoms with Crippen LogP contribution in [0, 0.1) is 10.1 Å². The lowest BCUT2D eigenvalue weighted by atomic mass is 10.1. The zero-order valence-corrected chi connectivity index (χ0v) is 11.8. The molecule has 0 aromatic heterocycles. The molecule has 20 heavy (non-hydrogen) atoms. The minimum Gasteiger partial charge on any atom is -0.391 e. The Morgan fingerprint density at radius 2 is 2.15 bits per heavy atom. The third kappa shape index (κ3) is 3.07. The van der Waals surface area contributed by atoms with Gasteiger partial charge in [-0.15, -0.1) is 0 Å². The molecule has 0 aliphatic carbocycles. The van der Waals surface area contributed by atoms with E-state index < -0.39 is 20.9 Å². The van der Waals surface area contributed by atoms with Crippen molar-refractivity contribution < 1.29 is 18.4 Å². The van der Waals surface area contributed by atoms with E-state index in [0.717, 1.165) is 18.7 Å². The topological polar surface area (TPSA) is 101 Å². The van der Waals surface area contributed by atoms with E-state index in [9.17, 15) is 23.6 Å². The van der Waals surface area contributed by atoms with Crippen LogP contribution in [0.4, 0.5) is 11.4 Å². The van der Waals surface area contributed by atoms with Crippen molar-refractivity contribution in [2.45, 2.75) is 23.8 Å². The van der Waals surface area contributed by atoms with Gasteiger partial charge in [0.1, 0.15) is 5.69 Å². The smallest absolute Gasteiger partial charge is 0.293 e. The molecule has 1 saturated heterocycles. The Hall–Kier alpha value is -1.67. The molecule has 0 radical (unpaired) electrons. The van der Waals surface area contributed by atoms with E-state index in [1.807, 2.05) is 0 Å². The van der Waals surface area contributed by atoms with Crippen LogP contribution in [0.2, 0.25) is 0 Å². The van der Waals surface area contributed by atoms with Crippen LogP contribution in [0.3, 0.4) is 0 Å². The molecule has 1 aromatic rings. The average Bonchev–Trinajstić information content (AvgIpc) is 2.37. The summed E-state index contributed by atoms with van der Waals surface area (Å²) in [4.78, 5) is 12.2.